The summed E-state index contributed by atoms with van der Waals surface area (Å²) in [6, 6.07) is 0. The van der Waals surface area contributed by atoms with Crippen molar-refractivity contribution in [2.24, 2.45) is 50.7 Å². The van der Waals surface area contributed by atoms with E-state index in [1.54, 1.807) is 0 Å². The Morgan fingerprint density at radius 1 is 0.889 bits per heavy atom. The van der Waals surface area contributed by atoms with E-state index in [2.05, 4.69) is 34.6 Å². The van der Waals surface area contributed by atoms with Gasteiger partial charge in [0.25, 0.3) is 0 Å². The molecule has 0 bridgehead atoms. The van der Waals surface area contributed by atoms with Crippen molar-refractivity contribution in [3.63, 3.8) is 0 Å². The van der Waals surface area contributed by atoms with Gasteiger partial charge in [-0.15, -0.1) is 0 Å². The third-order valence-corrected chi connectivity index (χ3v) is 12.5. The largest absolute Gasteiger partial charge is 0.481 e. The van der Waals surface area contributed by atoms with Gasteiger partial charge in [-0.25, -0.2) is 0 Å². The van der Waals surface area contributed by atoms with Crippen molar-refractivity contribution in [1.29, 1.82) is 0 Å². The number of rotatable bonds is 2. The molecule has 4 saturated carbocycles. The number of carbonyl (C=O) groups excluding carboxylic acids is 2. The van der Waals surface area contributed by atoms with Crippen LogP contribution in [0.1, 0.15) is 106 Å². The van der Waals surface area contributed by atoms with Crippen molar-refractivity contribution >= 4 is 17.7 Å². The number of ketones is 1. The maximum Gasteiger partial charge on any atom is 0.309 e. The molecular weight excluding hydrogens is 452 g/mol. The molecule has 5 aliphatic rings. The third-order valence-electron chi connectivity index (χ3n) is 12.5. The van der Waals surface area contributed by atoms with Crippen LogP contribution >= 0.6 is 0 Å². The molecule has 0 aromatic carbocycles. The van der Waals surface area contributed by atoms with Crippen LogP contribution in [-0.4, -0.2) is 28.9 Å². The Balaban J connectivity index is 1.53. The van der Waals surface area contributed by atoms with E-state index in [0.29, 0.717) is 18.3 Å². The number of esters is 1. The molecule has 0 amide bonds. The summed E-state index contributed by atoms with van der Waals surface area (Å²) < 4.78 is 5.80. The van der Waals surface area contributed by atoms with Crippen LogP contribution in [0.4, 0.5) is 0 Å². The highest BCUT2D eigenvalue weighted by Crippen LogP contribution is 2.71. The first-order valence-electron chi connectivity index (χ1n) is 14.2. The number of carboxylic acids is 1. The third kappa shape index (κ3) is 3.42. The van der Waals surface area contributed by atoms with E-state index in [0.717, 1.165) is 51.4 Å². The summed E-state index contributed by atoms with van der Waals surface area (Å²) in [4.78, 5) is 38.3. The SMILES string of the molecule is CC(=O)O[C@H]1CC[C@]2(C)[C@H]3C(=O)C=C4[C@@H](CC[C@@]5(C)CC[C@](C)(C(=O)O)C[C@@H]45)[C@]3(C)CC[C@H]2C1(C)C. The lowest BCUT2D eigenvalue weighted by molar-refractivity contribution is -0.200. The summed E-state index contributed by atoms with van der Waals surface area (Å²) in [6.45, 7) is 14.9. The van der Waals surface area contributed by atoms with Gasteiger partial charge in [-0.05, 0) is 105 Å². The van der Waals surface area contributed by atoms with E-state index < -0.39 is 11.4 Å². The molecule has 0 heterocycles. The van der Waals surface area contributed by atoms with Crippen LogP contribution < -0.4 is 0 Å². The highest BCUT2D eigenvalue weighted by atomic mass is 16.5. The minimum atomic E-state index is -0.712. The Kier molecular flexibility index (Phi) is 5.72. The van der Waals surface area contributed by atoms with E-state index in [-0.39, 0.29) is 51.4 Å². The van der Waals surface area contributed by atoms with Crippen molar-refractivity contribution in [3.05, 3.63) is 11.6 Å². The van der Waals surface area contributed by atoms with Crippen LogP contribution in [0.2, 0.25) is 0 Å². The van der Waals surface area contributed by atoms with Gasteiger partial charge >= 0.3 is 11.9 Å². The van der Waals surface area contributed by atoms with Gasteiger partial charge in [0.2, 0.25) is 0 Å². The highest BCUT2D eigenvalue weighted by molar-refractivity contribution is 5.95. The number of hydrogen-bond acceptors (Lipinski definition) is 4. The van der Waals surface area contributed by atoms with E-state index in [4.69, 9.17) is 4.74 Å². The van der Waals surface area contributed by atoms with Crippen molar-refractivity contribution < 1.29 is 24.2 Å². The zero-order valence-electron chi connectivity index (χ0n) is 23.4. The van der Waals surface area contributed by atoms with Crippen molar-refractivity contribution in [2.45, 2.75) is 112 Å². The second kappa shape index (κ2) is 7.93. The molecule has 0 spiro atoms. The first kappa shape index (κ1) is 26.0. The first-order chi connectivity index (χ1) is 16.6. The summed E-state index contributed by atoms with van der Waals surface area (Å²) in [5.41, 5.74) is 0.240. The zero-order chi connectivity index (χ0) is 26.5. The van der Waals surface area contributed by atoms with Gasteiger partial charge in [-0.2, -0.15) is 0 Å². The van der Waals surface area contributed by atoms with Gasteiger partial charge in [0.1, 0.15) is 6.10 Å². The van der Waals surface area contributed by atoms with Gasteiger partial charge in [0.05, 0.1) is 5.41 Å². The number of allylic oxidation sites excluding steroid dienone is 2. The second-order valence-electron chi connectivity index (χ2n) is 14.9. The molecule has 5 rings (SSSR count). The fraction of sp³-hybridized carbons (Fsp3) is 0.839. The summed E-state index contributed by atoms with van der Waals surface area (Å²) in [5, 5.41) is 10.0. The minimum absolute atomic E-state index is 0.0335. The van der Waals surface area contributed by atoms with Crippen LogP contribution in [0, 0.1) is 50.7 Å². The van der Waals surface area contributed by atoms with E-state index in [1.807, 2.05) is 13.0 Å². The second-order valence-corrected chi connectivity index (χ2v) is 14.9. The van der Waals surface area contributed by atoms with Crippen molar-refractivity contribution in [1.82, 2.24) is 0 Å². The van der Waals surface area contributed by atoms with Crippen LogP contribution in [0.3, 0.4) is 0 Å². The number of aliphatic carboxylic acids is 1. The molecule has 5 nitrogen and oxygen atoms in total. The minimum Gasteiger partial charge on any atom is -0.481 e. The Labute approximate surface area is 216 Å². The summed E-state index contributed by atoms with van der Waals surface area (Å²) in [5.74, 6) is 0.163. The van der Waals surface area contributed by atoms with E-state index in [9.17, 15) is 19.5 Å². The first-order valence-corrected chi connectivity index (χ1v) is 14.2. The molecule has 5 heteroatoms. The molecule has 0 aromatic rings. The summed E-state index contributed by atoms with van der Waals surface area (Å²) >= 11 is 0. The molecule has 1 N–H and O–H groups in total. The summed E-state index contributed by atoms with van der Waals surface area (Å²) in [6.07, 6.45) is 10.2. The van der Waals surface area contributed by atoms with Gasteiger partial charge in [-0.1, -0.05) is 40.2 Å². The van der Waals surface area contributed by atoms with E-state index in [1.165, 1.54) is 12.5 Å². The molecule has 0 aromatic heterocycles. The van der Waals surface area contributed by atoms with Crippen molar-refractivity contribution in [2.75, 3.05) is 0 Å². The van der Waals surface area contributed by atoms with Gasteiger partial charge in [-0.3, -0.25) is 14.4 Å². The van der Waals surface area contributed by atoms with Crippen LogP contribution in [0.25, 0.3) is 0 Å². The quantitative estimate of drug-likeness (QED) is 0.434. The monoisotopic (exact) mass is 498 g/mol. The fourth-order valence-corrected chi connectivity index (χ4v) is 10.5. The average molecular weight is 499 g/mol. The Hall–Kier alpha value is -1.65. The number of carboxylic acid groups (broad SMARTS) is 1. The lowest BCUT2D eigenvalue weighted by Crippen LogP contribution is -2.64. The molecule has 0 unspecified atom stereocenters. The van der Waals surface area contributed by atoms with Gasteiger partial charge < -0.3 is 9.84 Å². The fourth-order valence-electron chi connectivity index (χ4n) is 10.5. The molecule has 4 fully saturated rings. The van der Waals surface area contributed by atoms with Gasteiger partial charge in [0.15, 0.2) is 5.78 Å². The predicted octanol–water partition coefficient (Wildman–Crippen LogP) is 6.59. The van der Waals surface area contributed by atoms with Crippen LogP contribution in [0.15, 0.2) is 11.6 Å². The van der Waals surface area contributed by atoms with Crippen LogP contribution in [-0.2, 0) is 19.1 Å². The Morgan fingerprint density at radius 2 is 1.56 bits per heavy atom. The number of fused-ring (bicyclic) bond motifs is 7. The number of hydrogen-bond donors (Lipinski definition) is 1. The molecule has 9 atom stereocenters. The number of carbonyl (C=O) groups is 3. The zero-order valence-corrected chi connectivity index (χ0v) is 23.4. The van der Waals surface area contributed by atoms with E-state index >= 15 is 0 Å². The normalized spacial score (nSPS) is 49.5. The molecular formula is C31H46O5. The summed E-state index contributed by atoms with van der Waals surface area (Å²) in [7, 11) is 0. The lowest BCUT2D eigenvalue weighted by atomic mass is 9.37. The maximum atomic E-state index is 14.2. The number of ether oxygens (including phenoxy) is 1. The Morgan fingerprint density at radius 3 is 2.19 bits per heavy atom. The molecule has 0 aliphatic heterocycles. The highest BCUT2D eigenvalue weighted by Gasteiger charge is 2.67. The standard InChI is InChI=1S/C31H46O5/c1-18(32)36-24-10-13-31(7)23(27(24,2)3)9-12-30(6)20-8-11-28(4)14-15-29(5,26(34)35)17-21(28)19(20)16-22(33)25(30)31/h16,20-21,23-25H,8-15,17H2,1-7H3,(H,34,35)/t20-,21+,23+,24+,25+,28+,29+,30+,31+/m1/s1. The molecule has 5 aliphatic carbocycles. The average Bonchev–Trinajstić information content (AvgIpc) is 2.76. The molecule has 200 valence electrons. The Bertz CT molecular complexity index is 1030. The predicted molar refractivity (Wildman–Crippen MR) is 138 cm³/mol. The van der Waals surface area contributed by atoms with Gasteiger partial charge in [0, 0.05) is 18.3 Å². The van der Waals surface area contributed by atoms with Crippen LogP contribution in [0.5, 0.6) is 0 Å². The van der Waals surface area contributed by atoms with Crippen molar-refractivity contribution in [3.8, 4) is 0 Å². The smallest absolute Gasteiger partial charge is 0.309 e. The topological polar surface area (TPSA) is 80.7 Å². The molecule has 0 saturated heterocycles. The molecule has 36 heavy (non-hydrogen) atoms. The maximum absolute atomic E-state index is 14.2. The lowest BCUT2D eigenvalue weighted by Gasteiger charge is -2.67. The molecule has 0 radical (unpaired) electrons.